The lowest BCUT2D eigenvalue weighted by Crippen LogP contribution is -2.21. The van der Waals surface area contributed by atoms with Crippen molar-refractivity contribution in [1.29, 1.82) is 0 Å². The fourth-order valence-corrected chi connectivity index (χ4v) is 3.47. The van der Waals surface area contributed by atoms with E-state index in [9.17, 15) is 19.7 Å². The number of hydrogen-bond donors (Lipinski definition) is 1. The Hall–Kier alpha value is -3.82. The van der Waals surface area contributed by atoms with Gasteiger partial charge >= 0.3 is 5.97 Å². The number of aryl methyl sites for hydroxylation is 1. The molecule has 10 nitrogen and oxygen atoms in total. The van der Waals surface area contributed by atoms with E-state index in [0.29, 0.717) is 28.1 Å². The molecule has 2 aromatic heterocycles. The van der Waals surface area contributed by atoms with Crippen LogP contribution in [0.15, 0.2) is 30.5 Å². The maximum atomic E-state index is 12.8. The number of esters is 1. The monoisotopic (exact) mass is 437 g/mol. The number of pyridine rings is 1. The quantitative estimate of drug-likeness (QED) is 0.337. The van der Waals surface area contributed by atoms with Crippen LogP contribution in [0.25, 0.3) is 11.0 Å². The molecular weight excluding hydrogens is 414 g/mol. The molecule has 166 valence electrons. The van der Waals surface area contributed by atoms with Crippen molar-refractivity contribution in [3.8, 4) is 0 Å². The summed E-state index contributed by atoms with van der Waals surface area (Å²) in [4.78, 5) is 40.5. The standard InChI is InChI=1S/C22H23N5O5/c1-12(2)26-21-16(10-23-26)15(9-18(25-21)14-5-6-14)22(29)32-11-20(28)24-17-7-4-13(3)8-19(17)27(30)31/h4,7-10,12,14H,5-6,11H2,1-3H3,(H,24,28). The molecule has 3 aromatic rings. The number of nitrogens with zero attached hydrogens (tertiary/aromatic N) is 4. The zero-order valence-corrected chi connectivity index (χ0v) is 18.0. The normalized spacial score (nSPS) is 13.4. The summed E-state index contributed by atoms with van der Waals surface area (Å²) >= 11 is 0. The maximum absolute atomic E-state index is 12.8. The van der Waals surface area contributed by atoms with Crippen molar-refractivity contribution in [2.45, 2.75) is 45.6 Å². The SMILES string of the molecule is Cc1ccc(NC(=O)COC(=O)c2cc(C3CC3)nc3c2cnn3C(C)C)c([N+](=O)[O-])c1. The van der Waals surface area contributed by atoms with Gasteiger partial charge in [0.1, 0.15) is 5.69 Å². The van der Waals surface area contributed by atoms with E-state index >= 15 is 0 Å². The summed E-state index contributed by atoms with van der Waals surface area (Å²) in [6.07, 6.45) is 3.60. The Labute approximate surface area is 183 Å². The van der Waals surface area contributed by atoms with Crippen LogP contribution in [-0.2, 0) is 9.53 Å². The van der Waals surface area contributed by atoms with Crippen LogP contribution in [0.4, 0.5) is 11.4 Å². The van der Waals surface area contributed by atoms with Gasteiger partial charge in [-0.15, -0.1) is 0 Å². The van der Waals surface area contributed by atoms with Gasteiger partial charge in [0.15, 0.2) is 12.3 Å². The van der Waals surface area contributed by atoms with E-state index in [-0.39, 0.29) is 17.4 Å². The zero-order valence-electron chi connectivity index (χ0n) is 18.0. The molecule has 0 bridgehead atoms. The van der Waals surface area contributed by atoms with E-state index in [0.717, 1.165) is 18.5 Å². The second-order valence-corrected chi connectivity index (χ2v) is 8.19. The molecule has 1 amide bonds. The molecule has 1 N–H and O–H groups in total. The smallest absolute Gasteiger partial charge is 0.339 e. The maximum Gasteiger partial charge on any atom is 0.339 e. The molecule has 2 heterocycles. The Balaban J connectivity index is 1.52. The molecular formula is C22H23N5O5. The predicted octanol–water partition coefficient (Wildman–Crippen LogP) is 3.90. The second kappa shape index (κ2) is 8.37. The van der Waals surface area contributed by atoms with Crippen molar-refractivity contribution in [1.82, 2.24) is 14.8 Å². The van der Waals surface area contributed by atoms with Crippen LogP contribution in [-0.4, -0.2) is 38.2 Å². The Morgan fingerprint density at radius 3 is 2.72 bits per heavy atom. The van der Waals surface area contributed by atoms with Gasteiger partial charge in [0.2, 0.25) is 0 Å². The molecule has 0 radical (unpaired) electrons. The van der Waals surface area contributed by atoms with Crippen LogP contribution >= 0.6 is 0 Å². The van der Waals surface area contributed by atoms with E-state index in [1.165, 1.54) is 12.1 Å². The first-order valence-corrected chi connectivity index (χ1v) is 10.3. The fourth-order valence-electron chi connectivity index (χ4n) is 3.47. The molecule has 1 fully saturated rings. The molecule has 0 atom stereocenters. The number of rotatable bonds is 7. The first-order chi connectivity index (χ1) is 15.2. The van der Waals surface area contributed by atoms with Crippen LogP contribution in [0.1, 0.15) is 60.3 Å². The summed E-state index contributed by atoms with van der Waals surface area (Å²) in [5, 5.41) is 18.6. The van der Waals surface area contributed by atoms with Crippen LogP contribution in [0.3, 0.4) is 0 Å². The van der Waals surface area contributed by atoms with Crippen molar-refractivity contribution < 1.29 is 19.2 Å². The first-order valence-electron chi connectivity index (χ1n) is 10.3. The summed E-state index contributed by atoms with van der Waals surface area (Å²) < 4.78 is 6.98. The number of nitrogens with one attached hydrogen (secondary N) is 1. The van der Waals surface area contributed by atoms with Crippen molar-refractivity contribution in [3.05, 3.63) is 57.4 Å². The van der Waals surface area contributed by atoms with Gasteiger partial charge in [-0.3, -0.25) is 14.9 Å². The minimum absolute atomic E-state index is 0.0437. The van der Waals surface area contributed by atoms with E-state index in [1.807, 2.05) is 13.8 Å². The Kier molecular flexibility index (Phi) is 5.60. The Morgan fingerprint density at radius 2 is 2.06 bits per heavy atom. The molecule has 4 rings (SSSR count). The van der Waals surface area contributed by atoms with E-state index in [4.69, 9.17) is 9.72 Å². The molecule has 0 aliphatic heterocycles. The summed E-state index contributed by atoms with van der Waals surface area (Å²) in [6, 6.07) is 6.23. The average molecular weight is 437 g/mol. The minimum Gasteiger partial charge on any atom is -0.452 e. The van der Waals surface area contributed by atoms with Crippen molar-refractivity contribution in [2.75, 3.05) is 11.9 Å². The largest absolute Gasteiger partial charge is 0.452 e. The van der Waals surface area contributed by atoms with Gasteiger partial charge < -0.3 is 10.1 Å². The topological polar surface area (TPSA) is 129 Å². The highest BCUT2D eigenvalue weighted by atomic mass is 16.6. The number of ether oxygens (including phenoxy) is 1. The lowest BCUT2D eigenvalue weighted by atomic mass is 10.1. The third-order valence-electron chi connectivity index (χ3n) is 5.25. The zero-order chi connectivity index (χ0) is 23.0. The summed E-state index contributed by atoms with van der Waals surface area (Å²) in [5.74, 6) is -1.03. The summed E-state index contributed by atoms with van der Waals surface area (Å²) in [7, 11) is 0. The number of amides is 1. The van der Waals surface area contributed by atoms with Crippen molar-refractivity contribution in [2.24, 2.45) is 0 Å². The van der Waals surface area contributed by atoms with Crippen LogP contribution in [0.2, 0.25) is 0 Å². The second-order valence-electron chi connectivity index (χ2n) is 8.19. The molecule has 0 unspecified atom stereocenters. The first kappa shape index (κ1) is 21.4. The van der Waals surface area contributed by atoms with Gasteiger partial charge in [-0.05, 0) is 51.3 Å². The number of nitro groups is 1. The lowest BCUT2D eigenvalue weighted by Gasteiger charge is -2.11. The van der Waals surface area contributed by atoms with Gasteiger partial charge in [-0.1, -0.05) is 6.07 Å². The average Bonchev–Trinajstić information content (AvgIpc) is 3.51. The molecule has 0 spiro atoms. The van der Waals surface area contributed by atoms with Crippen molar-refractivity contribution in [3.63, 3.8) is 0 Å². The van der Waals surface area contributed by atoms with Gasteiger partial charge in [-0.25, -0.2) is 14.5 Å². The number of carbonyl (C=O) groups excluding carboxylic acids is 2. The highest BCUT2D eigenvalue weighted by molar-refractivity contribution is 6.04. The van der Waals surface area contributed by atoms with Crippen molar-refractivity contribution >= 4 is 34.3 Å². The predicted molar refractivity (Wildman–Crippen MR) is 117 cm³/mol. The molecule has 32 heavy (non-hydrogen) atoms. The molecule has 1 saturated carbocycles. The van der Waals surface area contributed by atoms with Gasteiger partial charge in [0.05, 0.1) is 22.1 Å². The highest BCUT2D eigenvalue weighted by Gasteiger charge is 2.29. The highest BCUT2D eigenvalue weighted by Crippen LogP contribution is 2.40. The van der Waals surface area contributed by atoms with Gasteiger partial charge in [-0.2, -0.15) is 5.10 Å². The van der Waals surface area contributed by atoms with Gasteiger partial charge in [0.25, 0.3) is 11.6 Å². The number of carbonyl (C=O) groups is 2. The van der Waals surface area contributed by atoms with Crippen LogP contribution < -0.4 is 5.32 Å². The number of hydrogen-bond acceptors (Lipinski definition) is 7. The minimum atomic E-state index is -0.670. The summed E-state index contributed by atoms with van der Waals surface area (Å²) in [5.41, 5.74) is 2.23. The van der Waals surface area contributed by atoms with Crippen LogP contribution in [0, 0.1) is 17.0 Å². The van der Waals surface area contributed by atoms with E-state index < -0.39 is 23.4 Å². The third kappa shape index (κ3) is 4.29. The number of nitro benzene ring substituents is 1. The lowest BCUT2D eigenvalue weighted by molar-refractivity contribution is -0.384. The van der Waals surface area contributed by atoms with E-state index in [1.54, 1.807) is 29.9 Å². The number of anilines is 1. The van der Waals surface area contributed by atoms with Crippen LogP contribution in [0.5, 0.6) is 0 Å². The third-order valence-corrected chi connectivity index (χ3v) is 5.25. The van der Waals surface area contributed by atoms with E-state index in [2.05, 4.69) is 10.4 Å². The summed E-state index contributed by atoms with van der Waals surface area (Å²) in [6.45, 7) is 5.09. The molecule has 1 aromatic carbocycles. The fraction of sp³-hybridized carbons (Fsp3) is 0.364. The molecule has 0 saturated heterocycles. The Morgan fingerprint density at radius 1 is 1.31 bits per heavy atom. The Bertz CT molecular complexity index is 1230. The van der Waals surface area contributed by atoms with Gasteiger partial charge in [0, 0.05) is 23.7 Å². The number of aromatic nitrogens is 3. The molecule has 1 aliphatic carbocycles. The number of fused-ring (bicyclic) bond motifs is 1. The molecule has 10 heteroatoms. The molecule has 1 aliphatic rings. The number of benzene rings is 1.